The molecule has 0 radical (unpaired) electrons. The smallest absolute Gasteiger partial charge is 0.253 e. The van der Waals surface area contributed by atoms with E-state index in [2.05, 4.69) is 52.0 Å². The second kappa shape index (κ2) is 10.9. The number of rotatable bonds is 5. The number of carbonyl (C=O) groups excluding carboxylic acids is 1. The summed E-state index contributed by atoms with van der Waals surface area (Å²) in [7, 11) is 0. The minimum absolute atomic E-state index is 0.00709. The maximum atomic E-state index is 13.2. The monoisotopic (exact) mass is 461 g/mol. The van der Waals surface area contributed by atoms with Crippen LogP contribution in [0.4, 0.5) is 5.69 Å². The third-order valence-corrected chi connectivity index (χ3v) is 7.76. The van der Waals surface area contributed by atoms with Crippen molar-refractivity contribution in [3.05, 3.63) is 65.2 Å². The van der Waals surface area contributed by atoms with Crippen LogP contribution in [-0.2, 0) is 0 Å². The van der Waals surface area contributed by atoms with Crippen molar-refractivity contribution in [2.75, 3.05) is 44.6 Å². The molecule has 3 N–H and O–H groups in total. The van der Waals surface area contributed by atoms with Crippen molar-refractivity contribution < 1.29 is 4.79 Å². The van der Waals surface area contributed by atoms with E-state index in [1.165, 1.54) is 43.5 Å². The van der Waals surface area contributed by atoms with Crippen molar-refractivity contribution in [3.8, 4) is 0 Å². The van der Waals surface area contributed by atoms with Crippen molar-refractivity contribution in [1.82, 2.24) is 20.4 Å². The van der Waals surface area contributed by atoms with Gasteiger partial charge in [0.2, 0.25) is 0 Å². The molecule has 3 fully saturated rings. The van der Waals surface area contributed by atoms with Gasteiger partial charge in [-0.15, -0.1) is 0 Å². The van der Waals surface area contributed by atoms with Crippen LogP contribution < -0.4 is 16.0 Å². The number of benzene rings is 2. The van der Waals surface area contributed by atoms with Crippen molar-refractivity contribution in [2.24, 2.45) is 0 Å². The van der Waals surface area contributed by atoms with Gasteiger partial charge in [0, 0.05) is 49.4 Å². The van der Waals surface area contributed by atoms with E-state index in [4.69, 9.17) is 0 Å². The largest absolute Gasteiger partial charge is 0.358 e. The van der Waals surface area contributed by atoms with Gasteiger partial charge in [-0.1, -0.05) is 42.3 Å². The summed E-state index contributed by atoms with van der Waals surface area (Å²) in [5.41, 5.74) is 4.39. The lowest BCUT2D eigenvalue weighted by molar-refractivity contribution is 0.0590. The van der Waals surface area contributed by atoms with E-state index < -0.39 is 0 Å². The molecule has 34 heavy (non-hydrogen) atoms. The molecule has 0 aromatic heterocycles. The minimum Gasteiger partial charge on any atom is -0.358 e. The first kappa shape index (κ1) is 23.3. The van der Waals surface area contributed by atoms with Gasteiger partial charge in [-0.2, -0.15) is 0 Å². The third-order valence-electron chi connectivity index (χ3n) is 7.76. The highest BCUT2D eigenvalue weighted by molar-refractivity contribution is 5.95. The first-order valence-electron chi connectivity index (χ1n) is 13.1. The average molecular weight is 462 g/mol. The Balaban J connectivity index is 1.12. The SMILES string of the molecule is Cc1ccc(C2CNC(Nc3cccc(C(=O)N4CCC(N5CCCCC5)CC4)c3)NC2)cc1. The number of likely N-dealkylation sites (tertiary alicyclic amines) is 2. The first-order chi connectivity index (χ1) is 16.7. The molecule has 0 saturated carbocycles. The molecule has 2 aromatic carbocycles. The van der Waals surface area contributed by atoms with Crippen LogP contribution >= 0.6 is 0 Å². The van der Waals surface area contributed by atoms with Gasteiger partial charge in [0.15, 0.2) is 0 Å². The van der Waals surface area contributed by atoms with Crippen molar-refractivity contribution in [1.29, 1.82) is 0 Å². The summed E-state index contributed by atoms with van der Waals surface area (Å²) >= 11 is 0. The standard InChI is InChI=1S/C28H39N5O/c1-21-8-10-22(11-9-21)24-19-29-28(30-20-24)31-25-7-5-6-23(18-25)27(34)33-16-12-26(13-17-33)32-14-3-2-4-15-32/h5-11,18,24,26,28-31H,2-4,12-17,19-20H2,1H3. The van der Waals surface area contributed by atoms with Gasteiger partial charge in [0.25, 0.3) is 5.91 Å². The molecule has 6 nitrogen and oxygen atoms in total. The molecule has 0 spiro atoms. The molecular formula is C28H39N5O. The van der Waals surface area contributed by atoms with Gasteiger partial charge in [0.05, 0.1) is 0 Å². The number of piperidine rings is 2. The highest BCUT2D eigenvalue weighted by Gasteiger charge is 2.28. The first-order valence-corrected chi connectivity index (χ1v) is 13.1. The highest BCUT2D eigenvalue weighted by atomic mass is 16.2. The summed E-state index contributed by atoms with van der Waals surface area (Å²) in [6, 6.07) is 17.4. The average Bonchev–Trinajstić information content (AvgIpc) is 2.90. The Morgan fingerprint density at radius 1 is 0.912 bits per heavy atom. The molecule has 5 rings (SSSR count). The van der Waals surface area contributed by atoms with Crippen LogP contribution in [0.2, 0.25) is 0 Å². The number of carbonyl (C=O) groups is 1. The zero-order valence-electron chi connectivity index (χ0n) is 20.4. The quantitative estimate of drug-likeness (QED) is 0.633. The topological polar surface area (TPSA) is 59.6 Å². The van der Waals surface area contributed by atoms with E-state index in [1.54, 1.807) is 0 Å². The number of nitrogens with one attached hydrogen (secondary N) is 3. The maximum absolute atomic E-state index is 13.2. The van der Waals surface area contributed by atoms with Gasteiger partial charge < -0.3 is 15.1 Å². The fraction of sp³-hybridized carbons (Fsp3) is 0.536. The van der Waals surface area contributed by atoms with Crippen molar-refractivity contribution in [3.63, 3.8) is 0 Å². The Labute approximate surface area is 204 Å². The lowest BCUT2D eigenvalue weighted by Crippen LogP contribution is -2.55. The van der Waals surface area contributed by atoms with E-state index in [9.17, 15) is 4.79 Å². The van der Waals surface area contributed by atoms with Gasteiger partial charge in [0.1, 0.15) is 6.29 Å². The van der Waals surface area contributed by atoms with Gasteiger partial charge in [-0.3, -0.25) is 15.4 Å². The van der Waals surface area contributed by atoms with E-state index >= 15 is 0 Å². The molecule has 2 aromatic rings. The summed E-state index contributed by atoms with van der Waals surface area (Å²) in [5.74, 6) is 0.615. The number of aryl methyl sites for hydroxylation is 1. The molecule has 0 unspecified atom stereocenters. The highest BCUT2D eigenvalue weighted by Crippen LogP contribution is 2.23. The lowest BCUT2D eigenvalue weighted by atomic mass is 9.97. The van der Waals surface area contributed by atoms with E-state index in [0.29, 0.717) is 12.0 Å². The number of hydrogen-bond donors (Lipinski definition) is 3. The van der Waals surface area contributed by atoms with Gasteiger partial charge in [-0.25, -0.2) is 0 Å². The second-order valence-corrected chi connectivity index (χ2v) is 10.2. The molecule has 3 aliphatic rings. The van der Waals surface area contributed by atoms with Crippen LogP contribution in [0.15, 0.2) is 48.5 Å². The molecule has 3 heterocycles. The van der Waals surface area contributed by atoms with Gasteiger partial charge in [-0.05, 0) is 69.5 Å². The van der Waals surface area contributed by atoms with E-state index in [0.717, 1.165) is 50.3 Å². The number of nitrogens with zero attached hydrogens (tertiary/aromatic N) is 2. The van der Waals surface area contributed by atoms with Crippen molar-refractivity contribution >= 4 is 11.6 Å². The molecule has 0 bridgehead atoms. The molecule has 1 amide bonds. The van der Waals surface area contributed by atoms with Crippen LogP contribution in [0, 0.1) is 6.92 Å². The Morgan fingerprint density at radius 2 is 1.62 bits per heavy atom. The van der Waals surface area contributed by atoms with Gasteiger partial charge >= 0.3 is 0 Å². The van der Waals surface area contributed by atoms with Crippen LogP contribution in [0.3, 0.4) is 0 Å². The van der Waals surface area contributed by atoms with Crippen LogP contribution in [0.1, 0.15) is 59.5 Å². The Hall–Kier alpha value is -2.41. The molecule has 182 valence electrons. The zero-order valence-corrected chi connectivity index (χ0v) is 20.4. The normalized spacial score (nSPS) is 24.7. The Kier molecular flexibility index (Phi) is 7.48. The Bertz CT molecular complexity index is 940. The molecular weight excluding hydrogens is 422 g/mol. The number of hydrogen-bond acceptors (Lipinski definition) is 5. The fourth-order valence-electron chi connectivity index (χ4n) is 5.65. The van der Waals surface area contributed by atoms with Crippen LogP contribution in [-0.4, -0.2) is 67.3 Å². The Morgan fingerprint density at radius 3 is 2.32 bits per heavy atom. The second-order valence-electron chi connectivity index (χ2n) is 10.2. The van der Waals surface area contributed by atoms with Crippen LogP contribution in [0.25, 0.3) is 0 Å². The summed E-state index contributed by atoms with van der Waals surface area (Å²) in [6.07, 6.45) is 6.22. The molecule has 6 heteroatoms. The number of anilines is 1. The summed E-state index contributed by atoms with van der Waals surface area (Å²) < 4.78 is 0. The minimum atomic E-state index is -0.00709. The summed E-state index contributed by atoms with van der Waals surface area (Å²) in [5, 5.41) is 10.6. The molecule has 3 aliphatic heterocycles. The van der Waals surface area contributed by atoms with E-state index in [-0.39, 0.29) is 12.2 Å². The molecule has 0 aliphatic carbocycles. The molecule has 3 saturated heterocycles. The molecule has 0 atom stereocenters. The maximum Gasteiger partial charge on any atom is 0.253 e. The predicted molar refractivity (Wildman–Crippen MR) is 138 cm³/mol. The predicted octanol–water partition coefficient (Wildman–Crippen LogP) is 3.76. The van der Waals surface area contributed by atoms with Crippen molar-refractivity contribution in [2.45, 2.75) is 57.3 Å². The lowest BCUT2D eigenvalue weighted by Gasteiger charge is -2.40. The number of amides is 1. The fourth-order valence-corrected chi connectivity index (χ4v) is 5.65. The zero-order chi connectivity index (χ0) is 23.3. The summed E-state index contributed by atoms with van der Waals surface area (Å²) in [6.45, 7) is 8.16. The van der Waals surface area contributed by atoms with E-state index in [1.807, 2.05) is 29.2 Å². The van der Waals surface area contributed by atoms with Crippen LogP contribution in [0.5, 0.6) is 0 Å². The summed E-state index contributed by atoms with van der Waals surface area (Å²) in [4.78, 5) is 17.9. The third kappa shape index (κ3) is 5.62.